The summed E-state index contributed by atoms with van der Waals surface area (Å²) in [6.45, 7) is 1.62. The third kappa shape index (κ3) is 4.02. The van der Waals surface area contributed by atoms with Gasteiger partial charge in [-0.3, -0.25) is 4.99 Å². The average Bonchev–Trinajstić information content (AvgIpc) is 2.62. The van der Waals surface area contributed by atoms with Crippen LogP contribution in [-0.2, 0) is 24.4 Å². The van der Waals surface area contributed by atoms with Crippen molar-refractivity contribution in [2.75, 3.05) is 13.8 Å². The molecule has 5 nitrogen and oxygen atoms in total. The largest absolute Gasteiger partial charge is 0.467 e. The Balaban J connectivity index is 1.63. The Bertz CT molecular complexity index is 720. The van der Waals surface area contributed by atoms with Crippen molar-refractivity contribution in [3.8, 4) is 5.75 Å². The highest BCUT2D eigenvalue weighted by atomic mass is 19.1. The van der Waals surface area contributed by atoms with Gasteiger partial charge >= 0.3 is 0 Å². The van der Waals surface area contributed by atoms with E-state index in [9.17, 15) is 4.39 Å². The molecule has 0 fully saturated rings. The molecule has 0 aromatic heterocycles. The summed E-state index contributed by atoms with van der Waals surface area (Å²) in [6, 6.07) is 13.0. The van der Waals surface area contributed by atoms with Crippen LogP contribution >= 0.6 is 0 Å². The molecule has 0 unspecified atom stereocenters. The van der Waals surface area contributed by atoms with Crippen LogP contribution in [0.2, 0.25) is 0 Å². The number of aliphatic imine (C=N–C) groups is 1. The molecule has 2 N–H and O–H groups in total. The van der Waals surface area contributed by atoms with Gasteiger partial charge in [-0.05, 0) is 17.7 Å². The first-order valence-electron chi connectivity index (χ1n) is 7.76. The fraction of sp³-hybridized carbons (Fsp3) is 0.278. The Morgan fingerprint density at radius 2 is 1.96 bits per heavy atom. The second-order valence-corrected chi connectivity index (χ2v) is 5.43. The minimum absolute atomic E-state index is 0.187. The van der Waals surface area contributed by atoms with E-state index in [1.165, 1.54) is 12.1 Å². The molecule has 3 rings (SSSR count). The van der Waals surface area contributed by atoms with E-state index >= 15 is 0 Å². The van der Waals surface area contributed by atoms with E-state index in [-0.39, 0.29) is 12.6 Å². The number of fused-ring (bicyclic) bond motifs is 1. The number of nitrogens with zero attached hydrogens (tertiary/aromatic N) is 1. The van der Waals surface area contributed by atoms with Crippen LogP contribution in [0, 0.1) is 5.82 Å². The molecule has 1 aliphatic rings. The van der Waals surface area contributed by atoms with Crippen LogP contribution in [0.3, 0.4) is 0 Å². The first-order chi connectivity index (χ1) is 11.8. The quantitative estimate of drug-likeness (QED) is 0.669. The van der Waals surface area contributed by atoms with Gasteiger partial charge in [0.1, 0.15) is 11.6 Å². The van der Waals surface area contributed by atoms with Crippen molar-refractivity contribution in [3.05, 3.63) is 65.0 Å². The SMILES string of the molecule is CN=C(NCc1ccccc1)NCc1cc(F)cc2c1OCOC2. The first kappa shape index (κ1) is 16.3. The highest BCUT2D eigenvalue weighted by Crippen LogP contribution is 2.29. The smallest absolute Gasteiger partial charge is 0.191 e. The lowest BCUT2D eigenvalue weighted by Gasteiger charge is -2.21. The summed E-state index contributed by atoms with van der Waals surface area (Å²) in [7, 11) is 1.70. The van der Waals surface area contributed by atoms with Crippen molar-refractivity contribution in [3.63, 3.8) is 0 Å². The van der Waals surface area contributed by atoms with Gasteiger partial charge < -0.3 is 20.1 Å². The molecule has 0 spiro atoms. The Hall–Kier alpha value is -2.60. The number of ether oxygens (including phenoxy) is 2. The summed E-state index contributed by atoms with van der Waals surface area (Å²) in [4.78, 5) is 4.19. The second kappa shape index (κ2) is 7.79. The van der Waals surface area contributed by atoms with E-state index in [0.717, 1.165) is 16.7 Å². The zero-order chi connectivity index (χ0) is 16.8. The highest BCUT2D eigenvalue weighted by Gasteiger charge is 2.17. The van der Waals surface area contributed by atoms with Crippen LogP contribution in [0.4, 0.5) is 4.39 Å². The van der Waals surface area contributed by atoms with Crippen molar-refractivity contribution in [1.29, 1.82) is 0 Å². The number of guanidine groups is 1. The maximum atomic E-state index is 13.7. The summed E-state index contributed by atoms with van der Waals surface area (Å²) in [5, 5.41) is 6.41. The van der Waals surface area contributed by atoms with E-state index in [0.29, 0.717) is 31.4 Å². The van der Waals surface area contributed by atoms with Crippen LogP contribution in [0.1, 0.15) is 16.7 Å². The predicted molar refractivity (Wildman–Crippen MR) is 90.2 cm³/mol. The third-order valence-electron chi connectivity index (χ3n) is 3.72. The van der Waals surface area contributed by atoms with Gasteiger partial charge in [-0.15, -0.1) is 0 Å². The molecular weight excluding hydrogens is 309 g/mol. The lowest BCUT2D eigenvalue weighted by molar-refractivity contribution is -0.0172. The minimum Gasteiger partial charge on any atom is -0.467 e. The molecule has 0 atom stereocenters. The van der Waals surface area contributed by atoms with Crippen molar-refractivity contribution in [2.24, 2.45) is 4.99 Å². The van der Waals surface area contributed by atoms with Crippen molar-refractivity contribution in [1.82, 2.24) is 10.6 Å². The lowest BCUT2D eigenvalue weighted by Crippen LogP contribution is -2.36. The molecule has 0 amide bonds. The second-order valence-electron chi connectivity index (χ2n) is 5.43. The fourth-order valence-corrected chi connectivity index (χ4v) is 2.57. The predicted octanol–water partition coefficient (Wildman–Crippen LogP) is 2.56. The van der Waals surface area contributed by atoms with Crippen LogP contribution in [0.5, 0.6) is 5.75 Å². The van der Waals surface area contributed by atoms with Gasteiger partial charge in [0.25, 0.3) is 0 Å². The number of halogens is 1. The maximum Gasteiger partial charge on any atom is 0.191 e. The number of hydrogen-bond donors (Lipinski definition) is 2. The minimum atomic E-state index is -0.299. The Labute approximate surface area is 140 Å². The monoisotopic (exact) mass is 329 g/mol. The van der Waals surface area contributed by atoms with E-state index in [4.69, 9.17) is 9.47 Å². The number of rotatable bonds is 4. The third-order valence-corrected chi connectivity index (χ3v) is 3.72. The zero-order valence-electron chi connectivity index (χ0n) is 13.5. The van der Waals surface area contributed by atoms with Gasteiger partial charge in [0.2, 0.25) is 0 Å². The standard InChI is InChI=1S/C18H20FN3O2/c1-20-18(21-9-13-5-3-2-4-6-13)22-10-14-7-16(19)8-15-11-23-12-24-17(14)15/h2-8H,9-12H2,1H3,(H2,20,21,22). The van der Waals surface area contributed by atoms with Gasteiger partial charge in [-0.1, -0.05) is 30.3 Å². The van der Waals surface area contributed by atoms with E-state index < -0.39 is 0 Å². The summed E-state index contributed by atoms with van der Waals surface area (Å²) in [6.07, 6.45) is 0. The Kier molecular flexibility index (Phi) is 5.28. The molecule has 2 aromatic carbocycles. The molecule has 0 radical (unpaired) electrons. The fourth-order valence-electron chi connectivity index (χ4n) is 2.57. The molecule has 126 valence electrons. The number of hydrogen-bond acceptors (Lipinski definition) is 3. The molecule has 1 heterocycles. The maximum absolute atomic E-state index is 13.7. The summed E-state index contributed by atoms with van der Waals surface area (Å²) in [5.74, 6) is 1.03. The highest BCUT2D eigenvalue weighted by molar-refractivity contribution is 5.79. The first-order valence-corrected chi connectivity index (χ1v) is 7.76. The molecule has 2 aromatic rings. The molecule has 24 heavy (non-hydrogen) atoms. The summed E-state index contributed by atoms with van der Waals surface area (Å²) < 4.78 is 24.5. The van der Waals surface area contributed by atoms with Crippen molar-refractivity contribution >= 4 is 5.96 Å². The van der Waals surface area contributed by atoms with E-state index in [2.05, 4.69) is 15.6 Å². The van der Waals surface area contributed by atoms with Gasteiger partial charge in [-0.2, -0.15) is 0 Å². The van der Waals surface area contributed by atoms with Gasteiger partial charge in [-0.25, -0.2) is 4.39 Å². The van der Waals surface area contributed by atoms with E-state index in [1.54, 1.807) is 7.05 Å². The summed E-state index contributed by atoms with van der Waals surface area (Å²) in [5.41, 5.74) is 2.63. The molecule has 6 heteroatoms. The molecule has 0 bridgehead atoms. The van der Waals surface area contributed by atoms with Crippen LogP contribution in [0.15, 0.2) is 47.5 Å². The number of benzene rings is 2. The normalized spacial score (nSPS) is 13.8. The lowest BCUT2D eigenvalue weighted by atomic mass is 10.1. The molecule has 1 aliphatic heterocycles. The average molecular weight is 329 g/mol. The Morgan fingerprint density at radius 1 is 1.17 bits per heavy atom. The molecule has 0 saturated heterocycles. The van der Waals surface area contributed by atoms with Gasteiger partial charge in [0.15, 0.2) is 12.8 Å². The zero-order valence-corrected chi connectivity index (χ0v) is 13.5. The molecule has 0 aliphatic carbocycles. The van der Waals surface area contributed by atoms with Crippen molar-refractivity contribution < 1.29 is 13.9 Å². The van der Waals surface area contributed by atoms with Crippen molar-refractivity contribution in [2.45, 2.75) is 19.7 Å². The van der Waals surface area contributed by atoms with E-state index in [1.807, 2.05) is 30.3 Å². The van der Waals surface area contributed by atoms with Crippen LogP contribution < -0.4 is 15.4 Å². The molecular formula is C18H20FN3O2. The topological polar surface area (TPSA) is 54.9 Å². The molecule has 0 saturated carbocycles. The van der Waals surface area contributed by atoms with Gasteiger partial charge in [0, 0.05) is 31.3 Å². The van der Waals surface area contributed by atoms with Crippen LogP contribution in [-0.4, -0.2) is 19.8 Å². The van der Waals surface area contributed by atoms with Gasteiger partial charge in [0.05, 0.1) is 6.61 Å². The summed E-state index contributed by atoms with van der Waals surface area (Å²) >= 11 is 0. The number of nitrogens with one attached hydrogen (secondary N) is 2. The van der Waals surface area contributed by atoms with Crippen LogP contribution in [0.25, 0.3) is 0 Å². The Morgan fingerprint density at radius 3 is 2.75 bits per heavy atom.